The summed E-state index contributed by atoms with van der Waals surface area (Å²) in [6, 6.07) is 23.8. The van der Waals surface area contributed by atoms with E-state index in [1.165, 1.54) is 0 Å². The maximum absolute atomic E-state index is 6.45. The number of nitrogens with two attached hydrogens (primary N) is 2. The second kappa shape index (κ2) is 23.1. The third kappa shape index (κ3) is 12.9. The monoisotopic (exact) mass is 1010 g/mol. The molecule has 0 aliphatic carbocycles. The first-order valence-corrected chi connectivity index (χ1v) is 27.8. The Kier molecular flexibility index (Phi) is 16.7. The maximum Gasteiger partial charge on any atom is 0.227 e. The molecule has 8 rings (SSSR count). The molecule has 0 aliphatic heterocycles. The van der Waals surface area contributed by atoms with E-state index in [-0.39, 0.29) is 0 Å². The summed E-state index contributed by atoms with van der Waals surface area (Å²) in [7, 11) is 18.1. The fourth-order valence-corrected chi connectivity index (χ4v) is 8.81. The zero-order valence-corrected chi connectivity index (χ0v) is 46.1. The van der Waals surface area contributed by atoms with Crippen molar-refractivity contribution in [2.24, 2.45) is 14.1 Å². The fraction of sp³-hybridized carbons (Fsp3) is 0.298. The second-order valence-electron chi connectivity index (χ2n) is 19.9. The van der Waals surface area contributed by atoms with Gasteiger partial charge in [-0.05, 0) is 76.7 Å². The number of benzene rings is 4. The zero-order valence-electron chi connectivity index (χ0n) is 45.1. The molecule has 4 aromatic heterocycles. The van der Waals surface area contributed by atoms with E-state index >= 15 is 0 Å². The summed E-state index contributed by atoms with van der Waals surface area (Å²) < 4.78 is 15.5. The number of aryl methyl sites for hydroxylation is 2. The Labute approximate surface area is 437 Å². The molecule has 16 nitrogen and oxygen atoms in total. The summed E-state index contributed by atoms with van der Waals surface area (Å²) in [4.78, 5) is 27.0. The molecule has 0 radical (unpaired) electrons. The van der Waals surface area contributed by atoms with Crippen LogP contribution in [0.25, 0.3) is 44.3 Å². The average molecular weight is 1010 g/mol. The Hall–Kier alpha value is -8.22. The van der Waals surface area contributed by atoms with Crippen LogP contribution in [0.4, 0.5) is 46.0 Å². The summed E-state index contributed by atoms with van der Waals surface area (Å²) >= 11 is 0. The van der Waals surface area contributed by atoms with Crippen LogP contribution in [0.15, 0.2) is 97.6 Å². The Morgan fingerprint density at radius 3 is 1.45 bits per heavy atom. The highest BCUT2D eigenvalue weighted by Gasteiger charge is 2.18. The van der Waals surface area contributed by atoms with Crippen molar-refractivity contribution < 1.29 is 9.47 Å². The molecule has 0 saturated carbocycles. The van der Waals surface area contributed by atoms with Gasteiger partial charge in [-0.3, -0.25) is 0 Å². The Morgan fingerprint density at radius 2 is 1.04 bits per heavy atom. The molecule has 0 aliphatic rings. The van der Waals surface area contributed by atoms with Gasteiger partial charge in [0.25, 0.3) is 0 Å². The van der Waals surface area contributed by atoms with Crippen LogP contribution in [0.2, 0.25) is 19.6 Å². The highest BCUT2D eigenvalue weighted by atomic mass is 28.3. The SMILES string of the molecule is C#Cc1ccc2c(-c3ccnc(Nc4cc(N)c(N(C)CCN(C)C)cc4OC)n3)cn(C)c2c1.COc1cc(N(C)CCN(C)C)c(N)cc1Nc1nccc(-c2cn(C)c3cc(C#C[Si](C)(C)C)ccc23)n1. The minimum Gasteiger partial charge on any atom is -0.494 e. The molecule has 6 N–H and O–H groups in total. The van der Waals surface area contributed by atoms with Gasteiger partial charge in [0.15, 0.2) is 0 Å². The number of methoxy groups -OCH3 is 2. The van der Waals surface area contributed by atoms with Gasteiger partial charge in [0.1, 0.15) is 19.6 Å². The number of nitrogens with zero attached hydrogens (tertiary/aromatic N) is 10. The first-order valence-electron chi connectivity index (χ1n) is 24.3. The lowest BCUT2D eigenvalue weighted by Crippen LogP contribution is -2.29. The molecule has 17 heteroatoms. The van der Waals surface area contributed by atoms with Crippen molar-refractivity contribution in [2.75, 3.05) is 115 Å². The summed E-state index contributed by atoms with van der Waals surface area (Å²) in [5.41, 5.74) is 28.5. The molecule has 0 bridgehead atoms. The van der Waals surface area contributed by atoms with Gasteiger partial charge < -0.3 is 60.3 Å². The number of anilines is 8. The molecular weight excluding hydrogens is 941 g/mol. The Morgan fingerprint density at radius 1 is 0.608 bits per heavy atom. The van der Waals surface area contributed by atoms with Gasteiger partial charge >= 0.3 is 0 Å². The minimum atomic E-state index is -1.45. The van der Waals surface area contributed by atoms with E-state index in [1.807, 2.05) is 103 Å². The number of hydrogen-bond acceptors (Lipinski definition) is 14. The van der Waals surface area contributed by atoms with Gasteiger partial charge in [0, 0.05) is 135 Å². The molecule has 0 amide bonds. The largest absolute Gasteiger partial charge is 0.494 e. The van der Waals surface area contributed by atoms with E-state index < -0.39 is 8.07 Å². The van der Waals surface area contributed by atoms with Crippen molar-refractivity contribution in [1.82, 2.24) is 38.9 Å². The van der Waals surface area contributed by atoms with Crippen LogP contribution < -0.4 is 41.4 Å². The highest BCUT2D eigenvalue weighted by molar-refractivity contribution is 6.83. The number of fused-ring (bicyclic) bond motifs is 2. The first kappa shape index (κ1) is 53.6. The normalized spacial score (nSPS) is 11.2. The summed E-state index contributed by atoms with van der Waals surface area (Å²) in [6.45, 7) is 10.3. The van der Waals surface area contributed by atoms with Crippen LogP contribution in [0.1, 0.15) is 11.1 Å². The molecule has 4 aromatic carbocycles. The number of nitrogens with one attached hydrogen (secondary N) is 2. The number of aromatic nitrogens is 6. The van der Waals surface area contributed by atoms with Crippen LogP contribution in [-0.2, 0) is 14.1 Å². The Bertz CT molecular complexity index is 3390. The molecule has 0 saturated heterocycles. The summed E-state index contributed by atoms with van der Waals surface area (Å²) in [6.07, 6.45) is 13.2. The molecule has 4 heterocycles. The number of likely N-dealkylation sites (N-methyl/N-ethyl adjacent to an activating group) is 4. The summed E-state index contributed by atoms with van der Waals surface area (Å²) in [5, 5.41) is 8.78. The topological polar surface area (TPSA) is 169 Å². The van der Waals surface area contributed by atoms with Crippen molar-refractivity contribution >= 4 is 75.9 Å². The van der Waals surface area contributed by atoms with Crippen LogP contribution >= 0.6 is 0 Å². The van der Waals surface area contributed by atoms with Crippen LogP contribution in [0, 0.1) is 23.8 Å². The molecule has 0 atom stereocenters. The van der Waals surface area contributed by atoms with E-state index in [0.717, 1.165) is 93.0 Å². The van der Waals surface area contributed by atoms with Crippen LogP contribution in [0.5, 0.6) is 11.5 Å². The molecule has 0 fully saturated rings. The zero-order chi connectivity index (χ0) is 53.4. The van der Waals surface area contributed by atoms with E-state index in [0.29, 0.717) is 46.1 Å². The minimum absolute atomic E-state index is 0.450. The lowest BCUT2D eigenvalue weighted by molar-refractivity contribution is 0.413. The van der Waals surface area contributed by atoms with Crippen molar-refractivity contribution in [2.45, 2.75) is 19.6 Å². The fourth-order valence-electron chi connectivity index (χ4n) is 8.29. The van der Waals surface area contributed by atoms with Crippen molar-refractivity contribution in [3.63, 3.8) is 0 Å². The predicted octanol–water partition coefficient (Wildman–Crippen LogP) is 9.15. The van der Waals surface area contributed by atoms with Gasteiger partial charge in [-0.25, -0.2) is 19.9 Å². The lowest BCUT2D eigenvalue weighted by Gasteiger charge is -2.24. The quantitative estimate of drug-likeness (QED) is 0.0411. The smallest absolute Gasteiger partial charge is 0.227 e. The predicted molar refractivity (Wildman–Crippen MR) is 311 cm³/mol. The van der Waals surface area contributed by atoms with Crippen molar-refractivity contribution in [3.8, 4) is 57.8 Å². The Balaban J connectivity index is 0.000000217. The molecule has 0 unspecified atom stereocenters. The third-order valence-electron chi connectivity index (χ3n) is 12.4. The number of rotatable bonds is 16. The lowest BCUT2D eigenvalue weighted by atomic mass is 10.1. The van der Waals surface area contributed by atoms with E-state index in [4.69, 9.17) is 37.3 Å². The second-order valence-corrected chi connectivity index (χ2v) is 24.6. The van der Waals surface area contributed by atoms with Crippen molar-refractivity contribution in [3.05, 3.63) is 109 Å². The molecule has 8 aromatic rings. The van der Waals surface area contributed by atoms with E-state index in [2.05, 4.69) is 125 Å². The van der Waals surface area contributed by atoms with Gasteiger partial charge in [0.2, 0.25) is 11.9 Å². The highest BCUT2D eigenvalue weighted by Crippen LogP contribution is 2.39. The van der Waals surface area contributed by atoms with Gasteiger partial charge in [-0.15, -0.1) is 12.0 Å². The average Bonchev–Trinajstić information content (AvgIpc) is 3.89. The third-order valence-corrected chi connectivity index (χ3v) is 13.2. The number of ether oxygens (including phenoxy) is 2. The van der Waals surface area contributed by atoms with Crippen molar-refractivity contribution in [1.29, 1.82) is 0 Å². The molecule has 384 valence electrons. The molecule has 0 spiro atoms. The molecule has 74 heavy (non-hydrogen) atoms. The molecular formula is C57H70N14O2Si. The van der Waals surface area contributed by atoms with Gasteiger partial charge in [-0.1, -0.05) is 43.6 Å². The van der Waals surface area contributed by atoms with Crippen LogP contribution in [-0.4, -0.2) is 130 Å². The summed E-state index contributed by atoms with van der Waals surface area (Å²) in [5.74, 6) is 8.30. The van der Waals surface area contributed by atoms with E-state index in [1.54, 1.807) is 26.6 Å². The maximum atomic E-state index is 6.45. The van der Waals surface area contributed by atoms with Gasteiger partial charge in [-0.2, -0.15) is 0 Å². The van der Waals surface area contributed by atoms with E-state index in [9.17, 15) is 0 Å². The standard InChI is InChI=1S/C30H39N7OSi.C27H31N7O/c1-35(2)14-15-36(3)28-19-29(38-5)26(18-24(28)31)34-30-32-13-11-25(33-30)23-20-37(4)27-17-21(9-10-22(23)27)12-16-39(6,7)8;1-7-18-8-9-19-20(17-34(5)24(19)14-18)22-10-11-29-27(30-22)31-23-15-21(28)25(16-26(23)35-6)33(4)13-12-32(2)3/h9-11,13,17-20H,14-15,31H2,1-8H3,(H,32,33,34);1,8-11,14-17H,12-13,28H2,2-6H3,(H,29,30,31). The number of hydrogen-bond donors (Lipinski definition) is 4. The number of nitrogen functional groups attached to an aromatic ring is 2. The van der Waals surface area contributed by atoms with Gasteiger partial charge in [0.05, 0.1) is 59.7 Å². The first-order chi connectivity index (χ1) is 35.2. The number of terminal acetylenes is 1. The van der Waals surface area contributed by atoms with Crippen LogP contribution in [0.3, 0.4) is 0 Å².